The van der Waals surface area contributed by atoms with Crippen LogP contribution in [0.15, 0.2) is 12.1 Å². The van der Waals surface area contributed by atoms with Crippen molar-refractivity contribution >= 4 is 5.82 Å². The topological polar surface area (TPSA) is 28.2 Å². The molecule has 1 fully saturated rings. The van der Waals surface area contributed by atoms with Crippen LogP contribution >= 0.6 is 0 Å². The number of nitrogens with one attached hydrogen (secondary N) is 1. The average Bonchev–Trinajstić information content (AvgIpc) is 3.21. The Morgan fingerprint density at radius 3 is 2.71 bits per heavy atom. The molecule has 0 amide bonds. The van der Waals surface area contributed by atoms with Gasteiger partial charge in [-0.1, -0.05) is 20.8 Å². The van der Waals surface area contributed by atoms with Crippen molar-refractivity contribution < 1.29 is 0 Å². The number of anilines is 1. The number of hydrogen-bond acceptors (Lipinski definition) is 3. The molecule has 1 aromatic heterocycles. The zero-order valence-electron chi connectivity index (χ0n) is 14.2. The first-order valence-corrected chi connectivity index (χ1v) is 8.51. The Hall–Kier alpha value is -1.09. The Labute approximate surface area is 130 Å². The van der Waals surface area contributed by atoms with Crippen LogP contribution in [0.3, 0.4) is 0 Å². The van der Waals surface area contributed by atoms with Crippen molar-refractivity contribution in [2.75, 3.05) is 24.5 Å². The molecule has 0 saturated heterocycles. The number of nitrogens with zero attached hydrogens (tertiary/aromatic N) is 2. The molecular formula is C18H31N3. The lowest BCUT2D eigenvalue weighted by Gasteiger charge is -2.24. The molecule has 3 nitrogen and oxygen atoms in total. The van der Waals surface area contributed by atoms with Crippen LogP contribution in [-0.4, -0.2) is 24.6 Å². The lowest BCUT2D eigenvalue weighted by Crippen LogP contribution is -2.28. The molecule has 2 rings (SSSR count). The molecular weight excluding hydrogens is 258 g/mol. The highest BCUT2D eigenvalue weighted by Gasteiger charge is 2.24. The van der Waals surface area contributed by atoms with E-state index in [2.05, 4.69) is 50.0 Å². The van der Waals surface area contributed by atoms with Gasteiger partial charge >= 0.3 is 0 Å². The van der Waals surface area contributed by atoms with E-state index in [1.807, 2.05) is 0 Å². The van der Waals surface area contributed by atoms with E-state index in [1.54, 1.807) is 0 Å². The molecule has 3 heteroatoms. The molecule has 1 saturated carbocycles. The van der Waals surface area contributed by atoms with Gasteiger partial charge in [0.1, 0.15) is 5.82 Å². The maximum atomic E-state index is 4.77. The highest BCUT2D eigenvalue weighted by Crippen LogP contribution is 2.31. The third-order valence-electron chi connectivity index (χ3n) is 3.87. The zero-order valence-corrected chi connectivity index (χ0v) is 14.2. The smallest absolute Gasteiger partial charge is 0.129 e. The molecule has 0 atom stereocenters. The van der Waals surface area contributed by atoms with E-state index in [0.29, 0.717) is 5.92 Å². The van der Waals surface area contributed by atoms with E-state index in [1.165, 1.54) is 37.2 Å². The molecule has 0 bridgehead atoms. The van der Waals surface area contributed by atoms with E-state index < -0.39 is 0 Å². The molecule has 0 aromatic carbocycles. The molecule has 1 heterocycles. The van der Waals surface area contributed by atoms with E-state index >= 15 is 0 Å². The van der Waals surface area contributed by atoms with Crippen LogP contribution in [0.5, 0.6) is 0 Å². The maximum absolute atomic E-state index is 4.77. The van der Waals surface area contributed by atoms with E-state index in [4.69, 9.17) is 4.98 Å². The molecule has 1 N–H and O–H groups in total. The Morgan fingerprint density at radius 2 is 2.10 bits per heavy atom. The van der Waals surface area contributed by atoms with Crippen molar-refractivity contribution in [2.45, 2.75) is 53.5 Å². The number of rotatable bonds is 9. The molecule has 1 aliphatic carbocycles. The summed E-state index contributed by atoms with van der Waals surface area (Å²) in [6.07, 6.45) is 3.98. The van der Waals surface area contributed by atoms with E-state index in [-0.39, 0.29) is 0 Å². The van der Waals surface area contributed by atoms with Crippen molar-refractivity contribution in [2.24, 2.45) is 11.8 Å². The summed E-state index contributed by atoms with van der Waals surface area (Å²) in [5.74, 6) is 2.77. The minimum Gasteiger partial charge on any atom is -0.356 e. The normalized spacial score (nSPS) is 14.7. The first-order chi connectivity index (χ1) is 10.1. The van der Waals surface area contributed by atoms with Crippen LogP contribution < -0.4 is 10.2 Å². The van der Waals surface area contributed by atoms with Crippen LogP contribution in [0.2, 0.25) is 0 Å². The van der Waals surface area contributed by atoms with Gasteiger partial charge in [-0.3, -0.25) is 0 Å². The summed E-state index contributed by atoms with van der Waals surface area (Å²) < 4.78 is 0. The van der Waals surface area contributed by atoms with Crippen molar-refractivity contribution in [3.63, 3.8) is 0 Å². The van der Waals surface area contributed by atoms with Gasteiger partial charge < -0.3 is 10.2 Å². The quantitative estimate of drug-likeness (QED) is 0.750. The predicted molar refractivity (Wildman–Crippen MR) is 90.7 cm³/mol. The van der Waals surface area contributed by atoms with Gasteiger partial charge in [-0.25, -0.2) is 4.98 Å². The van der Waals surface area contributed by atoms with Gasteiger partial charge in [0.05, 0.1) is 0 Å². The Kier molecular flexibility index (Phi) is 6.04. The summed E-state index contributed by atoms with van der Waals surface area (Å²) in [6.45, 7) is 13.2. The molecule has 118 valence electrons. The van der Waals surface area contributed by atoms with Crippen molar-refractivity contribution in [1.29, 1.82) is 0 Å². The van der Waals surface area contributed by atoms with Gasteiger partial charge in [-0.2, -0.15) is 0 Å². The third-order valence-corrected chi connectivity index (χ3v) is 3.87. The number of aromatic nitrogens is 1. The Morgan fingerprint density at radius 1 is 1.33 bits per heavy atom. The minimum absolute atomic E-state index is 0.693. The fourth-order valence-corrected chi connectivity index (χ4v) is 2.67. The summed E-state index contributed by atoms with van der Waals surface area (Å²) in [4.78, 5) is 7.26. The van der Waals surface area contributed by atoms with Crippen LogP contribution in [0.4, 0.5) is 5.82 Å². The standard InChI is InChI=1S/C18H31N3/c1-5-8-21(13-16-6-7-16)18-10-17(9-15(4)20-18)12-19-11-14(2)3/h9-10,14,16,19H,5-8,11-13H2,1-4H3. The molecule has 1 aromatic rings. The highest BCUT2D eigenvalue weighted by molar-refractivity contribution is 5.43. The molecule has 0 unspecified atom stereocenters. The van der Waals surface area contributed by atoms with Crippen LogP contribution in [0.1, 0.15) is 51.3 Å². The van der Waals surface area contributed by atoms with Gasteiger partial charge in [-0.15, -0.1) is 0 Å². The maximum Gasteiger partial charge on any atom is 0.129 e. The molecule has 0 aliphatic heterocycles. The first kappa shape index (κ1) is 16.3. The van der Waals surface area contributed by atoms with Gasteiger partial charge in [0, 0.05) is 25.3 Å². The van der Waals surface area contributed by atoms with Crippen LogP contribution in [0, 0.1) is 18.8 Å². The van der Waals surface area contributed by atoms with Crippen LogP contribution in [0.25, 0.3) is 0 Å². The van der Waals surface area contributed by atoms with Gasteiger partial charge in [0.15, 0.2) is 0 Å². The van der Waals surface area contributed by atoms with E-state index in [0.717, 1.165) is 31.2 Å². The SMILES string of the molecule is CCCN(CC1CC1)c1cc(CNCC(C)C)cc(C)n1. The third kappa shape index (κ3) is 5.66. The second-order valence-corrected chi connectivity index (χ2v) is 6.89. The van der Waals surface area contributed by atoms with E-state index in [9.17, 15) is 0 Å². The summed E-state index contributed by atoms with van der Waals surface area (Å²) in [5.41, 5.74) is 2.49. The predicted octanol–water partition coefficient (Wildman–Crippen LogP) is 3.76. The summed E-state index contributed by atoms with van der Waals surface area (Å²) >= 11 is 0. The number of hydrogen-bond donors (Lipinski definition) is 1. The first-order valence-electron chi connectivity index (χ1n) is 8.51. The minimum atomic E-state index is 0.693. The summed E-state index contributed by atoms with van der Waals surface area (Å²) in [5, 5.41) is 3.53. The fraction of sp³-hybridized carbons (Fsp3) is 0.722. The van der Waals surface area contributed by atoms with Gasteiger partial charge in [0.25, 0.3) is 0 Å². The molecule has 0 spiro atoms. The largest absolute Gasteiger partial charge is 0.356 e. The highest BCUT2D eigenvalue weighted by atomic mass is 15.2. The fourth-order valence-electron chi connectivity index (χ4n) is 2.67. The van der Waals surface area contributed by atoms with Crippen LogP contribution in [-0.2, 0) is 6.54 Å². The second kappa shape index (κ2) is 7.79. The number of aryl methyl sites for hydroxylation is 1. The summed E-state index contributed by atoms with van der Waals surface area (Å²) in [7, 11) is 0. The Balaban J connectivity index is 2.04. The molecule has 1 aliphatic rings. The lowest BCUT2D eigenvalue weighted by molar-refractivity contribution is 0.552. The molecule has 0 radical (unpaired) electrons. The van der Waals surface area contributed by atoms with Crippen molar-refractivity contribution in [3.8, 4) is 0 Å². The summed E-state index contributed by atoms with van der Waals surface area (Å²) in [6, 6.07) is 4.48. The van der Waals surface area contributed by atoms with Gasteiger partial charge in [0.2, 0.25) is 0 Å². The van der Waals surface area contributed by atoms with Crippen molar-refractivity contribution in [3.05, 3.63) is 23.4 Å². The average molecular weight is 289 g/mol. The Bertz CT molecular complexity index is 438. The van der Waals surface area contributed by atoms with Crippen molar-refractivity contribution in [1.82, 2.24) is 10.3 Å². The second-order valence-electron chi connectivity index (χ2n) is 6.89. The number of pyridine rings is 1. The monoisotopic (exact) mass is 289 g/mol. The lowest BCUT2D eigenvalue weighted by atomic mass is 10.2. The van der Waals surface area contributed by atoms with Gasteiger partial charge in [-0.05, 0) is 62.3 Å². The molecule has 21 heavy (non-hydrogen) atoms. The zero-order chi connectivity index (χ0) is 15.2.